The van der Waals surface area contributed by atoms with Crippen molar-refractivity contribution < 1.29 is 4.79 Å². The van der Waals surface area contributed by atoms with Crippen molar-refractivity contribution in [3.63, 3.8) is 0 Å². The Hall–Kier alpha value is -2.13. The molecule has 0 radical (unpaired) electrons. The molecule has 3 aliphatic rings. The third-order valence-electron chi connectivity index (χ3n) is 9.05. The summed E-state index contributed by atoms with van der Waals surface area (Å²) < 4.78 is 0. The fourth-order valence-electron chi connectivity index (χ4n) is 7.09. The first-order valence-corrected chi connectivity index (χ1v) is 15.2. The van der Waals surface area contributed by atoms with Crippen LogP contribution in [0.1, 0.15) is 89.5 Å². The van der Waals surface area contributed by atoms with Gasteiger partial charge in [0.2, 0.25) is 5.91 Å². The number of amides is 1. The highest BCUT2D eigenvalue weighted by molar-refractivity contribution is 5.74. The van der Waals surface area contributed by atoms with Crippen LogP contribution in [0.25, 0.3) is 0 Å². The van der Waals surface area contributed by atoms with Crippen LogP contribution in [0.2, 0.25) is 0 Å². The number of aryl methyl sites for hydroxylation is 1. The summed E-state index contributed by atoms with van der Waals surface area (Å²) in [7, 11) is 0. The summed E-state index contributed by atoms with van der Waals surface area (Å²) in [6.45, 7) is 5.65. The lowest BCUT2D eigenvalue weighted by Gasteiger charge is -2.38. The average molecular weight is 503 g/mol. The van der Waals surface area contributed by atoms with E-state index in [-0.39, 0.29) is 0 Å². The first-order valence-electron chi connectivity index (χ1n) is 15.2. The number of hydrogen-bond donors (Lipinski definition) is 0. The second kappa shape index (κ2) is 15.3. The van der Waals surface area contributed by atoms with E-state index in [4.69, 9.17) is 0 Å². The van der Waals surface area contributed by atoms with Crippen LogP contribution in [0.5, 0.6) is 0 Å². The van der Waals surface area contributed by atoms with Gasteiger partial charge >= 0.3 is 0 Å². The normalized spacial score (nSPS) is 23.3. The summed E-state index contributed by atoms with van der Waals surface area (Å²) in [5.74, 6) is 2.05. The number of benzene rings is 2. The fourth-order valence-corrected chi connectivity index (χ4v) is 7.09. The molecule has 1 amide bonds. The van der Waals surface area contributed by atoms with Gasteiger partial charge in [0.15, 0.2) is 0 Å². The SMILES string of the molecule is CC(=O)N(C1CCCCC1)C1CC[C@@H](CN2CCC(CCCc3ccccc3)CC2)C1.c1ccccc1. The smallest absolute Gasteiger partial charge is 0.219 e. The molecule has 0 spiro atoms. The molecule has 5 rings (SSSR count). The lowest BCUT2D eigenvalue weighted by atomic mass is 9.90. The highest BCUT2D eigenvalue weighted by Gasteiger charge is 2.35. The van der Waals surface area contributed by atoms with Crippen LogP contribution in [0.4, 0.5) is 0 Å². The molecule has 1 heterocycles. The van der Waals surface area contributed by atoms with Crippen LogP contribution >= 0.6 is 0 Å². The summed E-state index contributed by atoms with van der Waals surface area (Å²) in [5, 5.41) is 0. The Bertz CT molecular complexity index is 844. The molecule has 3 nitrogen and oxygen atoms in total. The number of piperidine rings is 1. The maximum Gasteiger partial charge on any atom is 0.219 e. The lowest BCUT2D eigenvalue weighted by molar-refractivity contribution is -0.134. The van der Waals surface area contributed by atoms with E-state index in [9.17, 15) is 4.79 Å². The van der Waals surface area contributed by atoms with Gasteiger partial charge in [-0.05, 0) is 88.3 Å². The largest absolute Gasteiger partial charge is 0.337 e. The maximum absolute atomic E-state index is 12.5. The van der Waals surface area contributed by atoms with E-state index in [0.717, 1.165) is 11.8 Å². The molecule has 2 aromatic rings. The highest BCUT2D eigenvalue weighted by Crippen LogP contribution is 2.35. The third kappa shape index (κ3) is 9.28. The minimum atomic E-state index is 0.328. The predicted octanol–water partition coefficient (Wildman–Crippen LogP) is 7.76. The molecule has 1 unspecified atom stereocenters. The van der Waals surface area contributed by atoms with Crippen LogP contribution in [-0.2, 0) is 11.2 Å². The molecule has 2 atom stereocenters. The second-order valence-corrected chi connectivity index (χ2v) is 11.8. The van der Waals surface area contributed by atoms with Crippen molar-refractivity contribution in [2.24, 2.45) is 11.8 Å². The first-order chi connectivity index (χ1) is 18.2. The van der Waals surface area contributed by atoms with Crippen molar-refractivity contribution in [3.8, 4) is 0 Å². The van der Waals surface area contributed by atoms with E-state index in [1.165, 1.54) is 109 Å². The van der Waals surface area contributed by atoms with E-state index in [2.05, 4.69) is 40.1 Å². The summed E-state index contributed by atoms with van der Waals surface area (Å²) in [5.41, 5.74) is 1.49. The van der Waals surface area contributed by atoms with Gasteiger partial charge in [0.1, 0.15) is 0 Å². The van der Waals surface area contributed by atoms with Crippen LogP contribution in [0, 0.1) is 11.8 Å². The topological polar surface area (TPSA) is 23.6 Å². The molecule has 37 heavy (non-hydrogen) atoms. The molecule has 3 fully saturated rings. The number of rotatable bonds is 8. The molecule has 1 aliphatic heterocycles. The first kappa shape index (κ1) is 27.9. The molecule has 3 heteroatoms. The molecular weight excluding hydrogens is 452 g/mol. The van der Waals surface area contributed by atoms with Crippen LogP contribution in [0.15, 0.2) is 66.7 Å². The Morgan fingerprint density at radius 2 is 1.38 bits per heavy atom. The molecular formula is C34H50N2O. The molecule has 202 valence electrons. The quantitative estimate of drug-likeness (QED) is 0.368. The van der Waals surface area contributed by atoms with Crippen molar-refractivity contribution in [1.82, 2.24) is 9.80 Å². The zero-order valence-electron chi connectivity index (χ0n) is 23.3. The van der Waals surface area contributed by atoms with Crippen LogP contribution in [0.3, 0.4) is 0 Å². The molecule has 2 aliphatic carbocycles. The number of carbonyl (C=O) groups excluding carboxylic acids is 1. The van der Waals surface area contributed by atoms with E-state index < -0.39 is 0 Å². The Morgan fingerprint density at radius 3 is 2.00 bits per heavy atom. The van der Waals surface area contributed by atoms with Crippen molar-refractivity contribution in [1.29, 1.82) is 0 Å². The zero-order valence-corrected chi connectivity index (χ0v) is 23.3. The van der Waals surface area contributed by atoms with Crippen LogP contribution < -0.4 is 0 Å². The minimum absolute atomic E-state index is 0.328. The average Bonchev–Trinajstić information content (AvgIpc) is 3.40. The maximum atomic E-state index is 12.5. The Kier molecular flexibility index (Phi) is 11.6. The van der Waals surface area contributed by atoms with E-state index in [1.807, 2.05) is 43.3 Å². The molecule has 2 saturated carbocycles. The van der Waals surface area contributed by atoms with Crippen molar-refractivity contribution in [3.05, 3.63) is 72.3 Å². The number of hydrogen-bond acceptors (Lipinski definition) is 2. The van der Waals surface area contributed by atoms with Crippen molar-refractivity contribution >= 4 is 5.91 Å². The van der Waals surface area contributed by atoms with Gasteiger partial charge in [0, 0.05) is 25.6 Å². The molecule has 1 saturated heterocycles. The van der Waals surface area contributed by atoms with Gasteiger partial charge in [-0.3, -0.25) is 4.79 Å². The Labute approximate surface area is 226 Å². The minimum Gasteiger partial charge on any atom is -0.337 e. The highest BCUT2D eigenvalue weighted by atomic mass is 16.2. The van der Waals surface area contributed by atoms with Gasteiger partial charge in [-0.1, -0.05) is 92.4 Å². The van der Waals surface area contributed by atoms with Gasteiger partial charge in [-0.25, -0.2) is 0 Å². The van der Waals surface area contributed by atoms with Crippen molar-refractivity contribution in [2.75, 3.05) is 19.6 Å². The van der Waals surface area contributed by atoms with Gasteiger partial charge in [-0.15, -0.1) is 0 Å². The van der Waals surface area contributed by atoms with Gasteiger partial charge in [0.25, 0.3) is 0 Å². The van der Waals surface area contributed by atoms with E-state index >= 15 is 0 Å². The van der Waals surface area contributed by atoms with Gasteiger partial charge in [0.05, 0.1) is 0 Å². The van der Waals surface area contributed by atoms with Gasteiger partial charge < -0.3 is 9.80 Å². The van der Waals surface area contributed by atoms with Crippen molar-refractivity contribution in [2.45, 2.75) is 102 Å². The van der Waals surface area contributed by atoms with Crippen LogP contribution in [-0.4, -0.2) is 47.4 Å². The lowest BCUT2D eigenvalue weighted by Crippen LogP contribution is -2.46. The zero-order chi connectivity index (χ0) is 25.7. The summed E-state index contributed by atoms with van der Waals surface area (Å²) >= 11 is 0. The number of carbonyl (C=O) groups is 1. The predicted molar refractivity (Wildman–Crippen MR) is 156 cm³/mol. The summed E-state index contributed by atoms with van der Waals surface area (Å²) in [6.07, 6.45) is 17.0. The number of likely N-dealkylation sites (tertiary alicyclic amines) is 1. The van der Waals surface area contributed by atoms with E-state index in [1.54, 1.807) is 0 Å². The van der Waals surface area contributed by atoms with E-state index in [0.29, 0.717) is 18.0 Å². The molecule has 2 aromatic carbocycles. The third-order valence-corrected chi connectivity index (χ3v) is 9.05. The number of nitrogens with zero attached hydrogens (tertiary/aromatic N) is 2. The standard InChI is InChI=1S/C28H44N2O.C6H6/c1-23(31)30(27-13-6-3-7-14-27)28-16-15-26(21-28)22-29-19-17-25(18-20-29)12-8-11-24-9-4-2-5-10-24;1-2-4-6-5-3-1/h2,4-5,9-10,25-28H,3,6-8,11-22H2,1H3;1-6H/t26-,28?;/m1./s1. The molecule has 0 bridgehead atoms. The second-order valence-electron chi connectivity index (χ2n) is 11.8. The van der Waals surface area contributed by atoms with Gasteiger partial charge in [-0.2, -0.15) is 0 Å². The summed E-state index contributed by atoms with van der Waals surface area (Å²) in [4.78, 5) is 17.5. The monoisotopic (exact) mass is 502 g/mol. The molecule has 0 N–H and O–H groups in total. The fraction of sp³-hybridized carbons (Fsp3) is 0.618. The Morgan fingerprint density at radius 1 is 0.757 bits per heavy atom. The molecule has 0 aromatic heterocycles. The summed E-state index contributed by atoms with van der Waals surface area (Å²) in [6, 6.07) is 24.0. The Balaban J connectivity index is 0.000000469.